The van der Waals surface area contributed by atoms with Crippen molar-refractivity contribution in [2.75, 3.05) is 19.8 Å². The highest BCUT2D eigenvalue weighted by Crippen LogP contribution is 2.14. The predicted molar refractivity (Wildman–Crippen MR) is 217 cm³/mol. The highest BCUT2D eigenvalue weighted by atomic mass is 32.2. The van der Waals surface area contributed by atoms with E-state index in [2.05, 4.69) is 93.6 Å². The number of carbonyl (C=O) groups excluding carboxylic acids is 3. The minimum atomic E-state index is -3.11. The molecule has 1 N–H and O–H groups in total. The van der Waals surface area contributed by atoms with Gasteiger partial charge in [0.05, 0.1) is 6.54 Å². The fourth-order valence-electron chi connectivity index (χ4n) is 4.00. The number of unbranched alkanes of at least 4 members (excludes halogenated alkanes) is 1. The summed E-state index contributed by atoms with van der Waals surface area (Å²) in [6.45, 7) is 20.3. The summed E-state index contributed by atoms with van der Waals surface area (Å²) < 4.78 is 21.5. The summed E-state index contributed by atoms with van der Waals surface area (Å²) in [5.74, 6) is 0.707. The summed E-state index contributed by atoms with van der Waals surface area (Å²) in [4.78, 5) is 34.6. The lowest BCUT2D eigenvalue weighted by atomic mass is 9.98. The maximum Gasteiger partial charge on any atom is 0.192 e. The summed E-state index contributed by atoms with van der Waals surface area (Å²) in [6, 6.07) is 27.2. The molecule has 0 amide bonds. The van der Waals surface area contributed by atoms with Gasteiger partial charge in [-0.2, -0.15) is 0 Å². The number of benzene rings is 3. The molecule has 0 radical (unpaired) electrons. The predicted octanol–water partition coefficient (Wildman–Crippen LogP) is 7.88. The number of rotatable bonds is 10. The number of Topliss-reactive ketones (excluding diaryl/α,β-unsaturated/α-hetero) is 1. The maximum absolute atomic E-state index is 11.0. The first-order chi connectivity index (χ1) is 24.3. The van der Waals surface area contributed by atoms with Gasteiger partial charge in [0.1, 0.15) is 12.1 Å². The van der Waals surface area contributed by atoms with Gasteiger partial charge >= 0.3 is 0 Å². The van der Waals surface area contributed by atoms with E-state index in [9.17, 15) is 22.8 Å². The Morgan fingerprint density at radius 2 is 1.49 bits per heavy atom. The van der Waals surface area contributed by atoms with Gasteiger partial charge in [-0.05, 0) is 53.7 Å². The number of pyridine rings is 1. The summed E-state index contributed by atoms with van der Waals surface area (Å²) in [5, 5.41) is 7.11. The maximum atomic E-state index is 11.0. The van der Waals surface area contributed by atoms with Crippen LogP contribution in [0.4, 0.5) is 0 Å². The Morgan fingerprint density at radius 1 is 0.902 bits per heavy atom. The van der Waals surface area contributed by atoms with E-state index in [1.165, 1.54) is 53.9 Å². The molecular weight excluding hydrogens is 657 g/mol. The van der Waals surface area contributed by atoms with Gasteiger partial charge in [-0.15, -0.1) is 0 Å². The lowest BCUT2D eigenvalue weighted by molar-refractivity contribution is -0.122. The Kier molecular flexibility index (Phi) is 28.9. The number of aromatic nitrogens is 1. The first-order valence-electron chi connectivity index (χ1n) is 17.3. The molecule has 0 bridgehead atoms. The van der Waals surface area contributed by atoms with Crippen LogP contribution in [0.3, 0.4) is 0 Å². The topological polar surface area (TPSA) is 110 Å². The number of allylic oxidation sites excluding steroid dienone is 1. The summed E-state index contributed by atoms with van der Waals surface area (Å²) in [7, 11) is -1.38. The summed E-state index contributed by atoms with van der Waals surface area (Å²) >= 11 is 0. The highest BCUT2D eigenvalue weighted by Gasteiger charge is 2.08. The Balaban J connectivity index is 0. The van der Waals surface area contributed by atoms with Crippen molar-refractivity contribution in [1.29, 1.82) is 0 Å². The SMILES string of the molecule is C=C/C(C=O)=c1/ccccc1=C.CCC.CCCCC(C)C(=O)CC.CNCC=O.CS(=O)(=O)c1ccccn1.Cc1ccc2ccccc2c1. The van der Waals surface area contributed by atoms with E-state index in [0.29, 0.717) is 30.2 Å². The minimum absolute atomic E-state index is 0.120. The first kappa shape index (κ1) is 48.6. The monoisotopic (exact) mass is 716 g/mol. The molecule has 0 aliphatic heterocycles. The molecule has 4 aromatic rings. The number of hydrogen-bond donors (Lipinski definition) is 1. The van der Waals surface area contributed by atoms with Crippen molar-refractivity contribution in [3.05, 3.63) is 120 Å². The number of aldehydes is 2. The molecule has 51 heavy (non-hydrogen) atoms. The zero-order valence-corrected chi connectivity index (χ0v) is 32.8. The Morgan fingerprint density at radius 3 is 1.92 bits per heavy atom. The van der Waals surface area contributed by atoms with E-state index in [1.54, 1.807) is 19.2 Å². The van der Waals surface area contributed by atoms with Crippen molar-refractivity contribution in [2.24, 2.45) is 5.92 Å². The molecule has 278 valence electrons. The largest absolute Gasteiger partial charge is 0.313 e. The number of ketones is 1. The van der Waals surface area contributed by atoms with E-state index in [1.807, 2.05) is 38.1 Å². The molecule has 1 unspecified atom stereocenters. The Bertz CT molecular complexity index is 1760. The normalized spacial score (nSPS) is 10.9. The van der Waals surface area contributed by atoms with Crippen LogP contribution in [0, 0.1) is 12.8 Å². The van der Waals surface area contributed by atoms with Crippen LogP contribution in [0.15, 0.2) is 109 Å². The van der Waals surface area contributed by atoms with Crippen LogP contribution in [0.25, 0.3) is 22.9 Å². The van der Waals surface area contributed by atoms with E-state index in [0.717, 1.165) is 35.7 Å². The van der Waals surface area contributed by atoms with Crippen LogP contribution in [-0.2, 0) is 24.2 Å². The van der Waals surface area contributed by atoms with Crippen LogP contribution in [0.1, 0.15) is 72.3 Å². The molecule has 0 saturated carbocycles. The molecule has 0 saturated heterocycles. The van der Waals surface area contributed by atoms with Crippen LogP contribution in [0.5, 0.6) is 0 Å². The third kappa shape index (κ3) is 23.5. The molecule has 1 heterocycles. The van der Waals surface area contributed by atoms with Gasteiger partial charge < -0.3 is 10.1 Å². The van der Waals surface area contributed by atoms with Crippen molar-refractivity contribution in [2.45, 2.75) is 78.7 Å². The second-order valence-electron chi connectivity index (χ2n) is 11.5. The molecule has 1 aromatic heterocycles. The number of likely N-dealkylation sites (N-methyl/N-ethyl adjacent to an activating group) is 1. The lowest BCUT2D eigenvalue weighted by Gasteiger charge is -2.06. The standard InChI is InChI=1S/C11H10O.C11H10.C9H18O.C6H7NO2S.C3H7NO.C3H8/c1-3-10(8-12)11-7-5-4-6-9(11)2;1-9-6-7-10-4-2-3-5-11(10)8-9;1-4-6-7-8(3)9(10)5-2;1-10(8,9)6-4-2-3-5-7-6;1-4-2-3-5;1-3-2/h3-8H,1-2H2;2-8H,1H3;8H,4-7H2,1-3H3;2-5H,1H3;3-4H,2H2,1H3;3H2,1-2H3/b11-10+;;;;;. The van der Waals surface area contributed by atoms with Gasteiger partial charge in [-0.3, -0.25) is 9.59 Å². The van der Waals surface area contributed by atoms with Crippen molar-refractivity contribution < 1.29 is 22.8 Å². The third-order valence-corrected chi connectivity index (χ3v) is 7.78. The molecule has 1 atom stereocenters. The number of nitrogens with zero attached hydrogens (tertiary/aromatic N) is 1. The smallest absolute Gasteiger partial charge is 0.192 e. The van der Waals surface area contributed by atoms with Crippen molar-refractivity contribution in [3.8, 4) is 0 Å². The zero-order chi connectivity index (χ0) is 39.1. The number of carbonyl (C=O) groups is 3. The summed E-state index contributed by atoms with van der Waals surface area (Å²) in [6.07, 6.45) is 11.1. The second kappa shape index (κ2) is 30.3. The number of aryl methyl sites for hydroxylation is 1. The number of fused-ring (bicyclic) bond motifs is 1. The van der Waals surface area contributed by atoms with Crippen LogP contribution < -0.4 is 15.8 Å². The number of nitrogens with one attached hydrogen (secondary N) is 1. The van der Waals surface area contributed by atoms with E-state index in [4.69, 9.17) is 0 Å². The molecule has 8 heteroatoms. The molecule has 0 aliphatic rings. The quantitative estimate of drug-likeness (QED) is 0.166. The number of hydrogen-bond acceptors (Lipinski definition) is 7. The van der Waals surface area contributed by atoms with Gasteiger partial charge in [0.2, 0.25) is 0 Å². The molecule has 0 aliphatic carbocycles. The van der Waals surface area contributed by atoms with Crippen molar-refractivity contribution in [1.82, 2.24) is 10.3 Å². The van der Waals surface area contributed by atoms with E-state index in [-0.39, 0.29) is 5.03 Å². The molecule has 3 aromatic carbocycles. The highest BCUT2D eigenvalue weighted by molar-refractivity contribution is 7.90. The number of sulfone groups is 1. The van der Waals surface area contributed by atoms with Crippen molar-refractivity contribution in [3.63, 3.8) is 0 Å². The average molecular weight is 717 g/mol. The molecule has 0 fully saturated rings. The molecule has 7 nitrogen and oxygen atoms in total. The molecule has 4 rings (SSSR count). The Hall–Kier alpha value is -4.53. The Labute approximate surface area is 307 Å². The first-order valence-corrected chi connectivity index (χ1v) is 19.2. The minimum Gasteiger partial charge on any atom is -0.313 e. The molecular formula is C43H60N2O5S. The lowest BCUT2D eigenvalue weighted by Crippen LogP contribution is -2.24. The fourth-order valence-corrected chi connectivity index (χ4v) is 4.58. The van der Waals surface area contributed by atoms with Crippen LogP contribution >= 0.6 is 0 Å². The molecule has 0 spiro atoms. The third-order valence-electron chi connectivity index (χ3n) is 6.77. The van der Waals surface area contributed by atoms with E-state index < -0.39 is 9.84 Å². The van der Waals surface area contributed by atoms with Gasteiger partial charge in [0.15, 0.2) is 21.1 Å². The van der Waals surface area contributed by atoms with E-state index >= 15 is 0 Å². The average Bonchev–Trinajstić information content (AvgIpc) is 3.13. The fraction of sp³-hybridized carbons (Fsp3) is 0.349. The second-order valence-corrected chi connectivity index (χ2v) is 13.5. The summed E-state index contributed by atoms with van der Waals surface area (Å²) in [5.41, 5.74) is 1.91. The van der Waals surface area contributed by atoms with Gasteiger partial charge in [-0.25, -0.2) is 13.4 Å². The zero-order valence-electron chi connectivity index (χ0n) is 32.0. The van der Waals surface area contributed by atoms with Gasteiger partial charge in [-0.1, -0.05) is 151 Å². The van der Waals surface area contributed by atoms with Crippen molar-refractivity contribution >= 4 is 51.1 Å². The van der Waals surface area contributed by atoms with Gasteiger partial charge in [0, 0.05) is 30.4 Å². The van der Waals surface area contributed by atoms with Gasteiger partial charge in [0.25, 0.3) is 0 Å². The van der Waals surface area contributed by atoms with Crippen LogP contribution in [0.2, 0.25) is 0 Å². The van der Waals surface area contributed by atoms with Crippen LogP contribution in [-0.4, -0.2) is 51.6 Å².